The van der Waals surface area contributed by atoms with E-state index in [1.807, 2.05) is 12.1 Å². The molecule has 9 nitrogen and oxygen atoms in total. The smallest absolute Gasteiger partial charge is 0.169 e. The van der Waals surface area contributed by atoms with Crippen molar-refractivity contribution >= 4 is 32.3 Å². The zero-order chi connectivity index (χ0) is 19.1. The predicted octanol–water partition coefficient (Wildman–Crippen LogP) is 2.26. The van der Waals surface area contributed by atoms with Crippen molar-refractivity contribution in [3.05, 3.63) is 24.5 Å². The Labute approximate surface area is 163 Å². The first-order valence-electron chi connectivity index (χ1n) is 9.58. The van der Waals surface area contributed by atoms with Crippen molar-refractivity contribution in [2.75, 3.05) is 36.2 Å². The third-order valence-corrected chi connectivity index (χ3v) is 7.71. The first kappa shape index (κ1) is 17.6. The molecular formula is C18H23N7O2S. The largest absolute Gasteiger partial charge is 0.377 e. The highest BCUT2D eigenvalue weighted by molar-refractivity contribution is 7.93. The van der Waals surface area contributed by atoms with Crippen LogP contribution >= 0.6 is 0 Å². The van der Waals surface area contributed by atoms with Gasteiger partial charge in [0.05, 0.1) is 52.5 Å². The van der Waals surface area contributed by atoms with Gasteiger partial charge in [0.1, 0.15) is 5.82 Å². The van der Waals surface area contributed by atoms with Crippen molar-refractivity contribution in [3.8, 4) is 5.82 Å². The van der Waals surface area contributed by atoms with Crippen LogP contribution in [0.25, 0.3) is 16.9 Å². The fourth-order valence-corrected chi connectivity index (χ4v) is 6.04. The van der Waals surface area contributed by atoms with Gasteiger partial charge in [-0.3, -0.25) is 5.10 Å². The lowest BCUT2D eigenvalue weighted by Gasteiger charge is -2.34. The predicted molar refractivity (Wildman–Crippen MR) is 108 cm³/mol. The van der Waals surface area contributed by atoms with Crippen LogP contribution in [0.1, 0.15) is 19.8 Å². The molecule has 0 unspecified atom stereocenters. The molecule has 28 heavy (non-hydrogen) atoms. The summed E-state index contributed by atoms with van der Waals surface area (Å²) in [7, 11) is -2.21. The summed E-state index contributed by atoms with van der Waals surface area (Å²) in [5, 5.41) is 12.2. The first-order valence-corrected chi connectivity index (χ1v) is 11.4. The van der Waals surface area contributed by atoms with E-state index in [0.717, 1.165) is 36.4 Å². The molecule has 0 aromatic carbocycles. The van der Waals surface area contributed by atoms with Crippen molar-refractivity contribution in [1.82, 2.24) is 25.0 Å². The van der Waals surface area contributed by atoms with E-state index in [4.69, 9.17) is 14.1 Å². The normalized spacial score (nSPS) is 22.0. The van der Waals surface area contributed by atoms with Gasteiger partial charge in [-0.2, -0.15) is 19.2 Å². The number of rotatable bonds is 3. The summed E-state index contributed by atoms with van der Waals surface area (Å²) >= 11 is 0. The van der Waals surface area contributed by atoms with Gasteiger partial charge in [0, 0.05) is 30.2 Å². The molecule has 148 valence electrons. The van der Waals surface area contributed by atoms with Gasteiger partial charge in [-0.25, -0.2) is 9.19 Å². The van der Waals surface area contributed by atoms with E-state index in [-0.39, 0.29) is 6.04 Å². The summed E-state index contributed by atoms with van der Waals surface area (Å²) in [6.45, 7) is 4.19. The minimum absolute atomic E-state index is 0.204. The van der Waals surface area contributed by atoms with Gasteiger partial charge in [0.25, 0.3) is 0 Å². The lowest BCUT2D eigenvalue weighted by Crippen LogP contribution is -2.44. The molecule has 5 rings (SSSR count). The van der Waals surface area contributed by atoms with E-state index >= 15 is 0 Å². The number of H-pyrrole nitrogens is 1. The Hall–Kier alpha value is -2.46. The molecule has 5 heterocycles. The van der Waals surface area contributed by atoms with Gasteiger partial charge < -0.3 is 9.64 Å². The lowest BCUT2D eigenvalue weighted by molar-refractivity contribution is 0.0985. The number of hydrogen-bond donors (Lipinski definition) is 1. The molecule has 2 aliphatic heterocycles. The summed E-state index contributed by atoms with van der Waals surface area (Å²) in [4.78, 5) is 7.11. The Morgan fingerprint density at radius 3 is 2.96 bits per heavy atom. The van der Waals surface area contributed by atoms with Crippen molar-refractivity contribution in [1.29, 1.82) is 0 Å². The van der Waals surface area contributed by atoms with Crippen LogP contribution < -0.4 is 4.90 Å². The maximum absolute atomic E-state index is 13.1. The van der Waals surface area contributed by atoms with Crippen LogP contribution in [-0.4, -0.2) is 66.5 Å². The molecule has 2 aliphatic rings. The summed E-state index contributed by atoms with van der Waals surface area (Å²) in [6, 6.07) is 4.00. The van der Waals surface area contributed by atoms with Crippen LogP contribution in [0, 0.1) is 0 Å². The molecule has 1 N–H and O–H groups in total. The molecule has 2 saturated heterocycles. The molecule has 0 radical (unpaired) electrons. The van der Waals surface area contributed by atoms with Crippen molar-refractivity contribution in [2.45, 2.75) is 25.8 Å². The summed E-state index contributed by atoms with van der Waals surface area (Å²) in [5.41, 5.74) is 1.39. The highest BCUT2D eigenvalue weighted by Crippen LogP contribution is 2.33. The number of ether oxygens (including phenoxy) is 1. The zero-order valence-corrected chi connectivity index (χ0v) is 16.6. The number of nitrogens with one attached hydrogen (secondary N) is 1. The van der Waals surface area contributed by atoms with Crippen LogP contribution in [0.5, 0.6) is 0 Å². The zero-order valence-electron chi connectivity index (χ0n) is 15.7. The molecule has 0 bridgehead atoms. The first-order chi connectivity index (χ1) is 13.6. The fraction of sp³-hybridized carbons (Fsp3) is 0.500. The van der Waals surface area contributed by atoms with Crippen LogP contribution in [0.3, 0.4) is 0 Å². The molecular weight excluding hydrogens is 378 g/mol. The van der Waals surface area contributed by atoms with Crippen LogP contribution in [-0.2, 0) is 14.5 Å². The monoisotopic (exact) mass is 401 g/mol. The van der Waals surface area contributed by atoms with Gasteiger partial charge in [0.2, 0.25) is 0 Å². The lowest BCUT2D eigenvalue weighted by atomic mass is 10.2. The summed E-state index contributed by atoms with van der Waals surface area (Å²) < 4.78 is 25.2. The number of anilines is 1. The minimum Gasteiger partial charge on any atom is -0.377 e. The fourth-order valence-electron chi connectivity index (χ4n) is 3.83. The molecule has 3 aromatic heterocycles. The van der Waals surface area contributed by atoms with E-state index in [9.17, 15) is 4.21 Å². The Morgan fingerprint density at radius 1 is 1.36 bits per heavy atom. The quantitative estimate of drug-likeness (QED) is 0.722. The highest BCUT2D eigenvalue weighted by atomic mass is 32.2. The van der Waals surface area contributed by atoms with E-state index in [1.54, 1.807) is 17.1 Å². The standard InChI is InChI=1S/C18H23N7O2S/c1-13-12-27-7-6-24(13)17-10-15(23-28(26)8-2-3-9-28)14-11-20-25(18(14)21-17)16-4-5-19-22-16/h4-5,10-11,13H,2-3,6-9,12H2,1H3,(H,19,22)/t13-/m1/s1. The third-order valence-electron chi connectivity index (χ3n) is 5.32. The number of pyridine rings is 1. The van der Waals surface area contributed by atoms with Gasteiger partial charge in [-0.05, 0) is 19.8 Å². The molecule has 10 heteroatoms. The molecule has 0 amide bonds. The molecule has 0 saturated carbocycles. The number of nitrogens with zero attached hydrogens (tertiary/aromatic N) is 6. The number of aromatic nitrogens is 5. The molecule has 2 fully saturated rings. The average Bonchev–Trinajstić information content (AvgIpc) is 3.42. The van der Waals surface area contributed by atoms with Crippen molar-refractivity contribution in [2.24, 2.45) is 4.36 Å². The third kappa shape index (κ3) is 3.06. The Kier molecular flexibility index (Phi) is 4.31. The SMILES string of the molecule is C[C@@H]1COCCN1c1cc(N=S2(=O)CCCC2)c2cnn(-c3ccn[nH]3)c2n1. The maximum atomic E-state index is 13.1. The molecule has 1 atom stereocenters. The second kappa shape index (κ2) is 6.85. The van der Waals surface area contributed by atoms with E-state index in [1.165, 1.54) is 0 Å². The minimum atomic E-state index is -2.21. The van der Waals surface area contributed by atoms with Gasteiger partial charge in [-0.1, -0.05) is 0 Å². The van der Waals surface area contributed by atoms with E-state index < -0.39 is 9.73 Å². The molecule has 0 spiro atoms. The maximum Gasteiger partial charge on any atom is 0.169 e. The van der Waals surface area contributed by atoms with Crippen molar-refractivity contribution < 1.29 is 8.95 Å². The van der Waals surface area contributed by atoms with E-state index in [0.29, 0.717) is 36.1 Å². The van der Waals surface area contributed by atoms with Gasteiger partial charge in [0.15, 0.2) is 11.5 Å². The van der Waals surface area contributed by atoms with Gasteiger partial charge >= 0.3 is 0 Å². The second-order valence-corrected chi connectivity index (χ2v) is 9.88. The topological polar surface area (TPSA) is 101 Å². The van der Waals surface area contributed by atoms with Gasteiger partial charge in [-0.15, -0.1) is 0 Å². The number of morpholine rings is 1. The Balaban J connectivity index is 1.72. The average molecular weight is 401 g/mol. The van der Waals surface area contributed by atoms with Crippen LogP contribution in [0.4, 0.5) is 11.5 Å². The number of hydrogen-bond acceptors (Lipinski definition) is 7. The summed E-state index contributed by atoms with van der Waals surface area (Å²) in [6.07, 6.45) is 5.36. The van der Waals surface area contributed by atoms with Crippen LogP contribution in [0.15, 0.2) is 28.9 Å². The van der Waals surface area contributed by atoms with Crippen LogP contribution in [0.2, 0.25) is 0 Å². The summed E-state index contributed by atoms with van der Waals surface area (Å²) in [5.74, 6) is 2.86. The van der Waals surface area contributed by atoms with Crippen molar-refractivity contribution in [3.63, 3.8) is 0 Å². The molecule has 0 aliphatic carbocycles. The Morgan fingerprint density at radius 2 is 2.21 bits per heavy atom. The molecule has 3 aromatic rings. The van der Waals surface area contributed by atoms with E-state index in [2.05, 4.69) is 27.1 Å². The number of aromatic amines is 1. The Bertz CT molecular complexity index is 1100. The highest BCUT2D eigenvalue weighted by Gasteiger charge is 2.24. The second-order valence-electron chi connectivity index (χ2n) is 7.33. The number of fused-ring (bicyclic) bond motifs is 1.